The molecule has 2 atom stereocenters. The normalized spacial score (nSPS) is 26.4. The van der Waals surface area contributed by atoms with E-state index >= 15 is 0 Å². The fraction of sp³-hybridized carbons (Fsp3) is 0.786. The fourth-order valence-electron chi connectivity index (χ4n) is 2.21. The van der Waals surface area contributed by atoms with Crippen LogP contribution in [0.4, 0.5) is 0 Å². The first-order valence-electron chi connectivity index (χ1n) is 6.99. The number of carbonyl (C=O) groups excluding carboxylic acids is 3. The van der Waals surface area contributed by atoms with Gasteiger partial charge in [0, 0.05) is 11.3 Å². The molecule has 1 saturated heterocycles. The minimum Gasteiger partial charge on any atom is -0.462 e. The van der Waals surface area contributed by atoms with Crippen LogP contribution in [-0.4, -0.2) is 36.6 Å². The van der Waals surface area contributed by atoms with Gasteiger partial charge in [-0.3, -0.25) is 4.79 Å². The van der Waals surface area contributed by atoms with Gasteiger partial charge < -0.3 is 14.8 Å². The summed E-state index contributed by atoms with van der Waals surface area (Å²) in [5.74, 6) is -1.23. The van der Waals surface area contributed by atoms with Crippen molar-refractivity contribution in [3.8, 4) is 0 Å². The third-order valence-corrected chi connectivity index (χ3v) is 3.93. The maximum Gasteiger partial charge on any atom is 0.348 e. The van der Waals surface area contributed by atoms with Crippen molar-refractivity contribution in [2.45, 2.75) is 52.2 Å². The van der Waals surface area contributed by atoms with Gasteiger partial charge in [0.2, 0.25) is 12.0 Å². The van der Waals surface area contributed by atoms with Gasteiger partial charge in [0.05, 0.1) is 0 Å². The molecule has 112 valence electrons. The highest BCUT2D eigenvalue weighted by molar-refractivity contribution is 5.88. The lowest BCUT2D eigenvalue weighted by Gasteiger charge is -2.27. The van der Waals surface area contributed by atoms with E-state index in [9.17, 15) is 14.4 Å². The summed E-state index contributed by atoms with van der Waals surface area (Å²) < 4.78 is 10.1. The largest absolute Gasteiger partial charge is 0.462 e. The van der Waals surface area contributed by atoms with E-state index < -0.39 is 29.5 Å². The first-order chi connectivity index (χ1) is 9.31. The summed E-state index contributed by atoms with van der Waals surface area (Å²) in [5.41, 5.74) is -0.537. The third-order valence-electron chi connectivity index (χ3n) is 3.93. The Morgan fingerprint density at radius 1 is 1.40 bits per heavy atom. The number of cyclic esters (lactones) is 1. The monoisotopic (exact) mass is 283 g/mol. The number of hydrogen-bond donors (Lipinski definition) is 1. The van der Waals surface area contributed by atoms with E-state index in [0.29, 0.717) is 0 Å². The van der Waals surface area contributed by atoms with E-state index in [1.54, 1.807) is 20.8 Å². The molecule has 0 unspecified atom stereocenters. The molecule has 2 aliphatic rings. The summed E-state index contributed by atoms with van der Waals surface area (Å²) in [5, 5.41) is 2.63. The van der Waals surface area contributed by atoms with Crippen molar-refractivity contribution < 1.29 is 23.9 Å². The number of rotatable bonds is 4. The second kappa shape index (κ2) is 5.42. The summed E-state index contributed by atoms with van der Waals surface area (Å²) >= 11 is 0. The van der Waals surface area contributed by atoms with Crippen LogP contribution in [0.1, 0.15) is 40.0 Å². The molecule has 6 heteroatoms. The minimum absolute atomic E-state index is 0.0122. The lowest BCUT2D eigenvalue weighted by atomic mass is 9.84. The van der Waals surface area contributed by atoms with Crippen LogP contribution in [-0.2, 0) is 23.9 Å². The summed E-state index contributed by atoms with van der Waals surface area (Å²) in [6.45, 7) is 5.39. The smallest absolute Gasteiger partial charge is 0.348 e. The molecule has 0 bridgehead atoms. The Hall–Kier alpha value is -1.59. The summed E-state index contributed by atoms with van der Waals surface area (Å²) in [6.07, 6.45) is 1.89. The van der Waals surface area contributed by atoms with Crippen LogP contribution in [0.15, 0.2) is 0 Å². The Morgan fingerprint density at radius 2 is 2.05 bits per heavy atom. The van der Waals surface area contributed by atoms with Crippen molar-refractivity contribution in [3.63, 3.8) is 0 Å². The van der Waals surface area contributed by atoms with Crippen molar-refractivity contribution in [3.05, 3.63) is 0 Å². The number of amides is 1. The predicted octanol–water partition coefficient (Wildman–Crippen LogP) is 0.786. The van der Waals surface area contributed by atoms with Crippen LogP contribution in [0, 0.1) is 11.3 Å². The molecule has 2 rings (SSSR count). The van der Waals surface area contributed by atoms with E-state index in [0.717, 1.165) is 19.3 Å². The maximum atomic E-state index is 12.0. The average molecular weight is 283 g/mol. The van der Waals surface area contributed by atoms with Crippen molar-refractivity contribution in [2.24, 2.45) is 11.3 Å². The predicted molar refractivity (Wildman–Crippen MR) is 69.6 cm³/mol. The maximum absolute atomic E-state index is 12.0. The first-order valence-corrected chi connectivity index (χ1v) is 6.99. The molecule has 1 N–H and O–H groups in total. The number of carbonyl (C=O) groups is 3. The van der Waals surface area contributed by atoms with Crippen LogP contribution in [0.3, 0.4) is 0 Å². The van der Waals surface area contributed by atoms with E-state index in [-0.39, 0.29) is 18.4 Å². The number of ether oxygens (including phenoxy) is 2. The fourth-order valence-corrected chi connectivity index (χ4v) is 2.21. The summed E-state index contributed by atoms with van der Waals surface area (Å²) in [7, 11) is 0. The molecule has 0 radical (unpaired) electrons. The molecule has 0 spiro atoms. The lowest BCUT2D eigenvalue weighted by molar-refractivity contribution is -0.165. The van der Waals surface area contributed by atoms with E-state index in [1.165, 1.54) is 0 Å². The lowest BCUT2D eigenvalue weighted by Crippen LogP contribution is -2.46. The molecule has 20 heavy (non-hydrogen) atoms. The average Bonchev–Trinajstić information content (AvgIpc) is 2.53. The Kier molecular flexibility index (Phi) is 4.01. The van der Waals surface area contributed by atoms with Crippen molar-refractivity contribution >= 4 is 17.8 Å². The highest BCUT2D eigenvalue weighted by Crippen LogP contribution is 2.31. The first kappa shape index (κ1) is 14.8. The van der Waals surface area contributed by atoms with Gasteiger partial charge >= 0.3 is 11.9 Å². The molecule has 0 aromatic heterocycles. The molecular formula is C14H21NO5. The molecule has 1 aliphatic heterocycles. The van der Waals surface area contributed by atoms with Gasteiger partial charge in [0.1, 0.15) is 12.6 Å². The second-order valence-corrected chi connectivity index (χ2v) is 6.27. The summed E-state index contributed by atoms with van der Waals surface area (Å²) in [6, 6.07) is -0.757. The number of hydrogen-bond acceptors (Lipinski definition) is 5. The Bertz CT molecular complexity index is 427. The molecule has 2 fully saturated rings. The van der Waals surface area contributed by atoms with Crippen LogP contribution < -0.4 is 5.32 Å². The van der Waals surface area contributed by atoms with Crippen LogP contribution in [0.5, 0.6) is 0 Å². The second-order valence-electron chi connectivity index (χ2n) is 6.27. The molecule has 0 aromatic carbocycles. The molecule has 0 aromatic rings. The van der Waals surface area contributed by atoms with Gasteiger partial charge in [-0.1, -0.05) is 20.3 Å². The Labute approximate surface area is 118 Å². The van der Waals surface area contributed by atoms with Gasteiger partial charge in [-0.2, -0.15) is 0 Å². The van der Waals surface area contributed by atoms with Crippen LogP contribution in [0.2, 0.25) is 0 Å². The van der Waals surface area contributed by atoms with Gasteiger partial charge in [-0.05, 0) is 19.8 Å². The van der Waals surface area contributed by atoms with Gasteiger partial charge in [0.15, 0.2) is 0 Å². The summed E-state index contributed by atoms with van der Waals surface area (Å²) in [4.78, 5) is 35.3. The van der Waals surface area contributed by atoms with Gasteiger partial charge in [-0.25, -0.2) is 9.59 Å². The number of esters is 2. The van der Waals surface area contributed by atoms with Gasteiger partial charge in [-0.15, -0.1) is 0 Å². The molecule has 1 saturated carbocycles. The standard InChI is InChI=1S/C14H21NO5/c1-8(15-11(16)9-5-4-6-9)12(17)20-10-13(18)19-7-14(10,2)3/h8-10H,4-7H2,1-3H3,(H,15,16)/t8-,10+/m1/s1. The molecule has 1 aliphatic carbocycles. The zero-order chi connectivity index (χ0) is 14.9. The van der Waals surface area contributed by atoms with Crippen molar-refractivity contribution in [2.75, 3.05) is 6.61 Å². The van der Waals surface area contributed by atoms with E-state index in [2.05, 4.69) is 5.32 Å². The van der Waals surface area contributed by atoms with Crippen LogP contribution in [0.25, 0.3) is 0 Å². The van der Waals surface area contributed by atoms with Crippen molar-refractivity contribution in [1.29, 1.82) is 0 Å². The number of nitrogens with one attached hydrogen (secondary N) is 1. The zero-order valence-electron chi connectivity index (χ0n) is 12.1. The van der Waals surface area contributed by atoms with E-state index in [1.807, 2.05) is 0 Å². The Balaban J connectivity index is 1.87. The SMILES string of the molecule is C[C@@H](NC(=O)C1CCC1)C(=O)O[C@H]1C(=O)OCC1(C)C. The van der Waals surface area contributed by atoms with Gasteiger partial charge in [0.25, 0.3) is 0 Å². The zero-order valence-corrected chi connectivity index (χ0v) is 12.1. The topological polar surface area (TPSA) is 81.7 Å². The van der Waals surface area contributed by atoms with E-state index in [4.69, 9.17) is 9.47 Å². The highest BCUT2D eigenvalue weighted by Gasteiger charge is 2.47. The van der Waals surface area contributed by atoms with Crippen LogP contribution >= 0.6 is 0 Å². The van der Waals surface area contributed by atoms with Crippen molar-refractivity contribution in [1.82, 2.24) is 5.32 Å². The molecule has 1 heterocycles. The highest BCUT2D eigenvalue weighted by atomic mass is 16.6. The molecule has 6 nitrogen and oxygen atoms in total. The quantitative estimate of drug-likeness (QED) is 0.771. The minimum atomic E-state index is -0.905. The molecular weight excluding hydrogens is 262 g/mol. The Morgan fingerprint density at radius 3 is 2.50 bits per heavy atom. The third kappa shape index (κ3) is 2.94. The molecule has 1 amide bonds.